The highest BCUT2D eigenvalue weighted by Crippen LogP contribution is 2.61. The third-order valence-electron chi connectivity index (χ3n) is 8.62. The zero-order valence-electron chi connectivity index (χ0n) is 21.9. The van der Waals surface area contributed by atoms with Crippen molar-refractivity contribution >= 4 is 43.4 Å². The van der Waals surface area contributed by atoms with Crippen molar-refractivity contribution in [1.29, 1.82) is 0 Å². The van der Waals surface area contributed by atoms with E-state index in [9.17, 15) is 24.3 Å². The molecule has 9 nitrogen and oxygen atoms in total. The summed E-state index contributed by atoms with van der Waals surface area (Å²) in [6.07, 6.45) is 3.45. The molecule has 2 aliphatic carbocycles. The van der Waals surface area contributed by atoms with Gasteiger partial charge < -0.3 is 9.84 Å². The summed E-state index contributed by atoms with van der Waals surface area (Å²) in [5.74, 6) is -1.71. The van der Waals surface area contributed by atoms with Crippen LogP contribution in [0.2, 0.25) is 0 Å². The summed E-state index contributed by atoms with van der Waals surface area (Å²) < 4.78 is 10.2. The average Bonchev–Trinajstić information content (AvgIpc) is 3.20. The molecule has 11 heteroatoms. The van der Waals surface area contributed by atoms with Gasteiger partial charge in [-0.2, -0.15) is 0 Å². The smallest absolute Gasteiger partial charge is 0.352 e. The molecule has 1 fully saturated rings. The number of hydrogen-bond donors (Lipinski definition) is 1. The number of Topliss-reactive ketones (excluding diaryl/α,β-unsaturated/α-hetero) is 1. The fourth-order valence-corrected chi connectivity index (χ4v) is 7.73. The molecule has 1 N–H and O–H groups in total. The van der Waals surface area contributed by atoms with Crippen LogP contribution in [0.15, 0.2) is 78.2 Å². The Morgan fingerprint density at radius 1 is 1.05 bits per heavy atom. The van der Waals surface area contributed by atoms with Gasteiger partial charge in [-0.15, -0.1) is 0 Å². The Morgan fingerprint density at radius 3 is 2.42 bits per heavy atom. The number of nitrogens with zero attached hydrogens (tertiary/aromatic N) is 3. The molecule has 2 heterocycles. The molecule has 1 aromatic heterocycles. The minimum absolute atomic E-state index is 0.113. The molecular formula is C29H25Br2N3O6. The van der Waals surface area contributed by atoms with Crippen LogP contribution < -0.4 is 16.1 Å². The van der Waals surface area contributed by atoms with E-state index in [-0.39, 0.29) is 36.0 Å². The van der Waals surface area contributed by atoms with E-state index in [1.54, 1.807) is 50.2 Å². The van der Waals surface area contributed by atoms with Gasteiger partial charge in [0.2, 0.25) is 0 Å². The molecule has 0 radical (unpaired) electrons. The minimum atomic E-state index is -1.18. The van der Waals surface area contributed by atoms with Gasteiger partial charge in [0, 0.05) is 16.3 Å². The standard InChI is InChI=1S/C29H25Br2N3O6/c1-14-11-20(35)18-13-19-16(9-10-32-27(38)33(28(39)34(19)32)15-7-5-4-6-8-15)22(29(18,2)26(14)37)17-12-21(40-3)25(36)24(31)23(17)30/h4-9,11-12,18-19,22,36H,10,13H2,1-3H3/t18-,19+,22+,29+/m0/s1. The number of hydrogen-bond acceptors (Lipinski definition) is 6. The first-order valence-corrected chi connectivity index (χ1v) is 14.3. The van der Waals surface area contributed by atoms with Crippen LogP contribution in [0.4, 0.5) is 0 Å². The van der Waals surface area contributed by atoms with Crippen molar-refractivity contribution in [3.8, 4) is 17.2 Å². The summed E-state index contributed by atoms with van der Waals surface area (Å²) in [7, 11) is 1.43. The second kappa shape index (κ2) is 9.31. The molecule has 1 aliphatic heterocycles. The summed E-state index contributed by atoms with van der Waals surface area (Å²) in [6.45, 7) is 3.56. The Kier molecular flexibility index (Phi) is 6.23. The Balaban J connectivity index is 1.64. The summed E-state index contributed by atoms with van der Waals surface area (Å²) in [6, 6.07) is 9.70. The van der Waals surface area contributed by atoms with Gasteiger partial charge in [-0.1, -0.05) is 31.2 Å². The summed E-state index contributed by atoms with van der Waals surface area (Å²) in [5, 5.41) is 10.6. The number of para-hydroxylation sites is 1. The Bertz CT molecular complexity index is 1800. The topological polar surface area (TPSA) is 113 Å². The van der Waals surface area contributed by atoms with Crippen LogP contribution >= 0.6 is 31.9 Å². The molecule has 4 atom stereocenters. The van der Waals surface area contributed by atoms with E-state index in [4.69, 9.17) is 4.74 Å². The molecule has 2 aromatic carbocycles. The number of allylic oxidation sites excluding steroid dienone is 4. The number of fused-ring (bicyclic) bond motifs is 4. The SMILES string of the molecule is COc1cc([C@H]2C3=CCn4c(=O)n(-c5ccccc5)c(=O)n4[C@@H]3C[C@H]3C(=O)C=C(C)C(=O)[C@@]23C)c(Br)c(Br)c1O. The molecule has 0 amide bonds. The number of aromatic hydroxyl groups is 1. The number of phenolic OH excluding ortho intramolecular Hbond substituents is 1. The van der Waals surface area contributed by atoms with Crippen molar-refractivity contribution in [1.82, 2.24) is 13.9 Å². The average molecular weight is 671 g/mol. The van der Waals surface area contributed by atoms with Crippen LogP contribution in [0.5, 0.6) is 11.5 Å². The number of aromatic nitrogens is 3. The Hall–Kier alpha value is -3.44. The minimum Gasteiger partial charge on any atom is -0.503 e. The van der Waals surface area contributed by atoms with Gasteiger partial charge >= 0.3 is 11.4 Å². The number of ether oxygens (including phenoxy) is 1. The molecule has 3 aliphatic rings. The van der Waals surface area contributed by atoms with Gasteiger partial charge in [-0.25, -0.2) is 23.5 Å². The number of ketones is 2. The highest BCUT2D eigenvalue weighted by molar-refractivity contribution is 9.13. The molecule has 0 spiro atoms. The first-order valence-electron chi connectivity index (χ1n) is 12.7. The third kappa shape index (κ3) is 3.49. The number of carbonyl (C=O) groups is 2. The maximum atomic E-state index is 14.0. The van der Waals surface area contributed by atoms with Crippen molar-refractivity contribution in [2.75, 3.05) is 7.11 Å². The predicted octanol–water partition coefficient (Wildman–Crippen LogP) is 4.43. The van der Waals surface area contributed by atoms with E-state index < -0.39 is 34.7 Å². The second-order valence-electron chi connectivity index (χ2n) is 10.6. The van der Waals surface area contributed by atoms with Crippen molar-refractivity contribution in [2.24, 2.45) is 11.3 Å². The van der Waals surface area contributed by atoms with Gasteiger partial charge in [0.1, 0.15) is 0 Å². The lowest BCUT2D eigenvalue weighted by Crippen LogP contribution is -2.54. The molecule has 6 rings (SSSR count). The van der Waals surface area contributed by atoms with Crippen LogP contribution in [0, 0.1) is 11.3 Å². The monoisotopic (exact) mass is 669 g/mol. The molecule has 0 unspecified atom stereocenters. The maximum absolute atomic E-state index is 14.0. The summed E-state index contributed by atoms with van der Waals surface area (Å²) >= 11 is 7.03. The third-order valence-corrected chi connectivity index (χ3v) is 10.8. The van der Waals surface area contributed by atoms with Crippen molar-refractivity contribution < 1.29 is 19.4 Å². The number of benzene rings is 2. The van der Waals surface area contributed by atoms with Crippen molar-refractivity contribution in [2.45, 2.75) is 38.8 Å². The fourth-order valence-electron chi connectivity index (χ4n) is 6.78. The van der Waals surface area contributed by atoms with Crippen LogP contribution in [-0.4, -0.2) is 37.7 Å². The number of halogens is 2. The molecule has 1 saturated carbocycles. The van der Waals surface area contributed by atoms with Gasteiger partial charge in [0.25, 0.3) is 0 Å². The van der Waals surface area contributed by atoms with E-state index in [0.717, 1.165) is 10.1 Å². The number of methoxy groups -OCH3 is 1. The lowest BCUT2D eigenvalue weighted by molar-refractivity contribution is -0.139. The fraction of sp³-hybridized carbons (Fsp3) is 0.310. The maximum Gasteiger partial charge on any atom is 0.352 e. The number of rotatable bonds is 3. The number of carbonyl (C=O) groups excluding carboxylic acids is 2. The highest BCUT2D eigenvalue weighted by Gasteiger charge is 2.60. The zero-order chi connectivity index (χ0) is 28.7. The normalized spacial score (nSPS) is 25.5. The second-order valence-corrected chi connectivity index (χ2v) is 12.2. The van der Waals surface area contributed by atoms with E-state index in [1.165, 1.54) is 22.5 Å². The molecule has 40 heavy (non-hydrogen) atoms. The van der Waals surface area contributed by atoms with Crippen LogP contribution in [0.25, 0.3) is 5.69 Å². The van der Waals surface area contributed by atoms with Crippen LogP contribution in [0.1, 0.15) is 37.8 Å². The summed E-state index contributed by atoms with van der Waals surface area (Å²) in [4.78, 5) is 54.9. The first-order chi connectivity index (χ1) is 19.0. The van der Waals surface area contributed by atoms with Crippen LogP contribution in [0.3, 0.4) is 0 Å². The van der Waals surface area contributed by atoms with Crippen LogP contribution in [-0.2, 0) is 16.1 Å². The van der Waals surface area contributed by atoms with Gasteiger partial charge in [0.15, 0.2) is 23.1 Å². The van der Waals surface area contributed by atoms with Gasteiger partial charge in [-0.05, 0) is 86.2 Å². The molecular weight excluding hydrogens is 646 g/mol. The van der Waals surface area contributed by atoms with Crippen molar-refractivity contribution in [3.05, 3.63) is 95.2 Å². The van der Waals surface area contributed by atoms with E-state index >= 15 is 0 Å². The Morgan fingerprint density at radius 2 is 1.75 bits per heavy atom. The first kappa shape index (κ1) is 26.8. The van der Waals surface area contributed by atoms with Gasteiger partial charge in [0.05, 0.1) is 35.3 Å². The molecule has 206 valence electrons. The predicted molar refractivity (Wildman–Crippen MR) is 154 cm³/mol. The van der Waals surface area contributed by atoms with Gasteiger partial charge in [-0.3, -0.25) is 9.59 Å². The summed E-state index contributed by atoms with van der Waals surface area (Å²) in [5.41, 5.74) is 0.00900. The largest absolute Gasteiger partial charge is 0.503 e. The highest BCUT2D eigenvalue weighted by atomic mass is 79.9. The van der Waals surface area contributed by atoms with E-state index in [2.05, 4.69) is 31.9 Å². The number of phenols is 1. The zero-order valence-corrected chi connectivity index (χ0v) is 25.0. The van der Waals surface area contributed by atoms with E-state index in [0.29, 0.717) is 25.8 Å². The molecule has 0 saturated heterocycles. The quantitative estimate of drug-likeness (QED) is 0.413. The Labute approximate surface area is 245 Å². The van der Waals surface area contributed by atoms with E-state index in [1.807, 2.05) is 6.08 Å². The molecule has 3 aromatic rings. The lowest BCUT2D eigenvalue weighted by atomic mass is 9.51. The lowest BCUT2D eigenvalue weighted by Gasteiger charge is -2.52. The molecule has 0 bridgehead atoms. The van der Waals surface area contributed by atoms with Crippen molar-refractivity contribution in [3.63, 3.8) is 0 Å².